The van der Waals surface area contributed by atoms with Crippen molar-refractivity contribution in [2.75, 3.05) is 23.4 Å². The topological polar surface area (TPSA) is 67.6 Å². The molecule has 5 nitrogen and oxygen atoms in total. The van der Waals surface area contributed by atoms with Crippen molar-refractivity contribution in [2.24, 2.45) is 17.1 Å². The first kappa shape index (κ1) is 14.6. The number of nitrogens with one attached hydrogen (secondary N) is 1. The number of nitrogens with zero attached hydrogens (tertiary/aromatic N) is 1. The van der Waals surface area contributed by atoms with Crippen molar-refractivity contribution < 1.29 is 9.53 Å². The van der Waals surface area contributed by atoms with Crippen molar-refractivity contribution in [2.45, 2.75) is 50.7 Å². The van der Waals surface area contributed by atoms with Crippen LogP contribution in [0.15, 0.2) is 18.2 Å². The molecule has 2 heterocycles. The normalized spacial score (nSPS) is 32.5. The van der Waals surface area contributed by atoms with Gasteiger partial charge >= 0.3 is 6.03 Å². The number of anilines is 2. The Bertz CT molecular complexity index is 685. The van der Waals surface area contributed by atoms with Gasteiger partial charge in [-0.15, -0.1) is 0 Å². The van der Waals surface area contributed by atoms with Gasteiger partial charge in [0.25, 0.3) is 0 Å². The molecule has 0 radical (unpaired) electrons. The molecule has 3 N–H and O–H groups in total. The molecule has 2 amide bonds. The fourth-order valence-corrected chi connectivity index (χ4v) is 5.53. The second-order valence-corrected chi connectivity index (χ2v) is 7.89. The number of nitrogens with two attached hydrogens (primary N) is 1. The molecule has 3 atom stereocenters. The molecule has 1 saturated heterocycles. The third kappa shape index (κ3) is 1.88. The summed E-state index contributed by atoms with van der Waals surface area (Å²) in [6.07, 6.45) is 7.53. The van der Waals surface area contributed by atoms with Gasteiger partial charge in [0.1, 0.15) is 0 Å². The largest absolute Gasteiger partial charge is 0.381 e. The minimum absolute atomic E-state index is 0.350. The Hall–Kier alpha value is -1.75. The van der Waals surface area contributed by atoms with Crippen LogP contribution in [0.3, 0.4) is 0 Å². The quantitative estimate of drug-likeness (QED) is 0.877. The average molecular weight is 327 g/mol. The van der Waals surface area contributed by atoms with E-state index in [1.54, 1.807) is 4.90 Å². The molecule has 2 aliphatic carbocycles. The lowest BCUT2D eigenvalue weighted by molar-refractivity contribution is -0.158. The van der Waals surface area contributed by atoms with Crippen molar-refractivity contribution in [1.82, 2.24) is 0 Å². The highest BCUT2D eigenvalue weighted by Crippen LogP contribution is 2.63. The first-order valence-corrected chi connectivity index (χ1v) is 9.27. The number of hydrogen-bond donors (Lipinski definition) is 2. The van der Waals surface area contributed by atoms with Gasteiger partial charge in [-0.2, -0.15) is 0 Å². The second-order valence-electron chi connectivity index (χ2n) is 7.89. The van der Waals surface area contributed by atoms with E-state index in [-0.39, 0.29) is 6.03 Å². The van der Waals surface area contributed by atoms with Crippen LogP contribution >= 0.6 is 0 Å². The Morgan fingerprint density at radius 2 is 2.21 bits per heavy atom. The van der Waals surface area contributed by atoms with E-state index in [9.17, 15) is 4.79 Å². The lowest BCUT2D eigenvalue weighted by Crippen LogP contribution is -2.68. The van der Waals surface area contributed by atoms with E-state index in [4.69, 9.17) is 10.5 Å². The standard InChI is InChI=1S/C19H25N3O2/c20-18(23)22-9-1-3-12-4-5-13(11-15(12)22)21-16-14-6-10-24-17(14)19(16)7-2-8-19/h4-5,11,14,16-17,21H,1-3,6-10H2,(H2,20,23)/t14-,16?,17-/m0/s1. The third-order valence-corrected chi connectivity index (χ3v) is 6.83. The predicted molar refractivity (Wildman–Crippen MR) is 93.2 cm³/mol. The van der Waals surface area contributed by atoms with Crippen LogP contribution < -0.4 is 16.0 Å². The van der Waals surface area contributed by atoms with E-state index in [2.05, 4.69) is 23.5 Å². The first-order valence-electron chi connectivity index (χ1n) is 9.27. The highest BCUT2D eigenvalue weighted by Gasteiger charge is 2.66. The minimum Gasteiger partial charge on any atom is -0.381 e. The third-order valence-electron chi connectivity index (χ3n) is 6.83. The molecule has 2 saturated carbocycles. The average Bonchev–Trinajstić information content (AvgIpc) is 2.95. The Balaban J connectivity index is 1.42. The van der Waals surface area contributed by atoms with Crippen LogP contribution in [0, 0.1) is 11.3 Å². The summed E-state index contributed by atoms with van der Waals surface area (Å²) in [6.45, 7) is 1.63. The Morgan fingerprint density at radius 3 is 2.96 bits per heavy atom. The minimum atomic E-state index is -0.350. The molecular weight excluding hydrogens is 302 g/mol. The summed E-state index contributed by atoms with van der Waals surface area (Å²) in [5, 5.41) is 3.79. The number of carbonyl (C=O) groups excluding carboxylic acids is 1. The van der Waals surface area contributed by atoms with Gasteiger partial charge in [-0.1, -0.05) is 12.5 Å². The summed E-state index contributed by atoms with van der Waals surface area (Å²) < 4.78 is 6.01. The molecule has 3 fully saturated rings. The summed E-state index contributed by atoms with van der Waals surface area (Å²) in [5.41, 5.74) is 9.25. The van der Waals surface area contributed by atoms with Gasteiger partial charge in [0.2, 0.25) is 0 Å². The van der Waals surface area contributed by atoms with Gasteiger partial charge in [-0.3, -0.25) is 4.90 Å². The van der Waals surface area contributed by atoms with Crippen LogP contribution in [0.2, 0.25) is 0 Å². The number of benzene rings is 1. The maximum atomic E-state index is 11.7. The zero-order valence-corrected chi connectivity index (χ0v) is 14.0. The number of fused-ring (bicyclic) bond motifs is 3. The molecule has 0 aromatic heterocycles. The van der Waals surface area contributed by atoms with Crippen molar-refractivity contribution in [1.29, 1.82) is 0 Å². The number of carbonyl (C=O) groups is 1. The van der Waals surface area contributed by atoms with Gasteiger partial charge in [0, 0.05) is 36.2 Å². The summed E-state index contributed by atoms with van der Waals surface area (Å²) >= 11 is 0. The fraction of sp³-hybridized carbons (Fsp3) is 0.632. The predicted octanol–water partition coefficient (Wildman–Crippen LogP) is 2.89. The zero-order valence-electron chi connectivity index (χ0n) is 14.0. The maximum Gasteiger partial charge on any atom is 0.319 e. The van der Waals surface area contributed by atoms with Crippen LogP contribution in [0.1, 0.15) is 37.7 Å². The molecule has 128 valence electrons. The van der Waals surface area contributed by atoms with E-state index in [1.807, 2.05) is 0 Å². The number of hydrogen-bond acceptors (Lipinski definition) is 3. The monoisotopic (exact) mass is 327 g/mol. The SMILES string of the molecule is NC(=O)N1CCCc2ccc(NC3[C@@H]4CCO[C@@H]4C34CCC4)cc21. The van der Waals surface area contributed by atoms with Gasteiger partial charge in [0.15, 0.2) is 0 Å². The van der Waals surface area contributed by atoms with E-state index in [0.29, 0.717) is 23.5 Å². The molecular formula is C19H25N3O2. The number of amides is 2. The van der Waals surface area contributed by atoms with Gasteiger partial charge in [-0.05, 0) is 49.8 Å². The van der Waals surface area contributed by atoms with E-state index >= 15 is 0 Å². The van der Waals surface area contributed by atoms with E-state index < -0.39 is 0 Å². The molecule has 5 rings (SSSR count). The molecule has 1 aromatic carbocycles. The Morgan fingerprint density at radius 1 is 1.33 bits per heavy atom. The Labute approximate surface area is 142 Å². The number of primary amides is 1. The van der Waals surface area contributed by atoms with Gasteiger partial charge in [0.05, 0.1) is 11.8 Å². The van der Waals surface area contributed by atoms with Crippen LogP contribution in [0.25, 0.3) is 0 Å². The number of rotatable bonds is 2. The number of aryl methyl sites for hydroxylation is 1. The number of urea groups is 1. The highest BCUT2D eigenvalue weighted by molar-refractivity contribution is 5.92. The lowest BCUT2D eigenvalue weighted by Gasteiger charge is -2.63. The molecule has 1 spiro atoms. The maximum absolute atomic E-state index is 11.7. The second kappa shape index (κ2) is 5.12. The van der Waals surface area contributed by atoms with E-state index in [0.717, 1.165) is 37.4 Å². The van der Waals surface area contributed by atoms with E-state index in [1.165, 1.54) is 31.2 Å². The summed E-state index contributed by atoms with van der Waals surface area (Å²) in [5.74, 6) is 0.647. The molecule has 2 aliphatic heterocycles. The van der Waals surface area contributed by atoms with Crippen molar-refractivity contribution in [3.63, 3.8) is 0 Å². The molecule has 1 aromatic rings. The van der Waals surface area contributed by atoms with Crippen LogP contribution in [-0.4, -0.2) is 31.3 Å². The number of ether oxygens (including phenoxy) is 1. The van der Waals surface area contributed by atoms with Crippen molar-refractivity contribution >= 4 is 17.4 Å². The van der Waals surface area contributed by atoms with Gasteiger partial charge in [-0.25, -0.2) is 4.79 Å². The first-order chi connectivity index (χ1) is 11.7. The highest BCUT2D eigenvalue weighted by atomic mass is 16.5. The molecule has 0 bridgehead atoms. The molecule has 24 heavy (non-hydrogen) atoms. The van der Waals surface area contributed by atoms with Crippen molar-refractivity contribution in [3.8, 4) is 0 Å². The van der Waals surface area contributed by atoms with Crippen molar-refractivity contribution in [3.05, 3.63) is 23.8 Å². The Kier molecular flexibility index (Phi) is 3.11. The smallest absolute Gasteiger partial charge is 0.319 e. The van der Waals surface area contributed by atoms with Crippen LogP contribution in [0.5, 0.6) is 0 Å². The lowest BCUT2D eigenvalue weighted by atomic mass is 9.46. The molecule has 1 unspecified atom stereocenters. The van der Waals surface area contributed by atoms with Gasteiger partial charge < -0.3 is 15.8 Å². The summed E-state index contributed by atoms with van der Waals surface area (Å²) in [7, 11) is 0. The summed E-state index contributed by atoms with van der Waals surface area (Å²) in [6, 6.07) is 6.61. The zero-order chi connectivity index (χ0) is 16.3. The molecule has 5 heteroatoms. The summed E-state index contributed by atoms with van der Waals surface area (Å²) in [4.78, 5) is 13.5. The van der Waals surface area contributed by atoms with Crippen LogP contribution in [0.4, 0.5) is 16.2 Å². The molecule has 4 aliphatic rings. The van der Waals surface area contributed by atoms with Crippen LogP contribution in [-0.2, 0) is 11.2 Å². The fourth-order valence-electron chi connectivity index (χ4n) is 5.53.